The third kappa shape index (κ3) is 5.09. The van der Waals surface area contributed by atoms with E-state index in [-0.39, 0.29) is 18.1 Å². The first-order chi connectivity index (χ1) is 11.4. The summed E-state index contributed by atoms with van der Waals surface area (Å²) in [5, 5.41) is 0.841. The lowest BCUT2D eigenvalue weighted by molar-refractivity contribution is -0.119. The molecule has 0 atom stereocenters. The van der Waals surface area contributed by atoms with Crippen molar-refractivity contribution in [3.8, 4) is 5.75 Å². The van der Waals surface area contributed by atoms with Gasteiger partial charge in [0.2, 0.25) is 0 Å². The molecule has 0 radical (unpaired) electrons. The van der Waals surface area contributed by atoms with Crippen LogP contribution in [0.2, 0.25) is 10.0 Å². The predicted molar refractivity (Wildman–Crippen MR) is 98.7 cm³/mol. The lowest BCUT2D eigenvalue weighted by Crippen LogP contribution is -2.20. The molecule has 124 valence electrons. The first kappa shape index (κ1) is 18.5. The number of primary amides is 1. The number of allylic oxidation sites excluding steroid dienone is 1. The van der Waals surface area contributed by atoms with Gasteiger partial charge < -0.3 is 10.5 Å². The van der Waals surface area contributed by atoms with Gasteiger partial charge in [-0.15, -0.1) is 0 Å². The number of nitrogens with two attached hydrogens (primary N) is 1. The van der Waals surface area contributed by atoms with Crippen molar-refractivity contribution in [1.29, 1.82) is 0 Å². The number of carbonyl (C=O) groups excluding carboxylic acids is 2. The van der Waals surface area contributed by atoms with Crippen LogP contribution in [0.4, 0.5) is 0 Å². The molecule has 0 saturated heterocycles. The Kier molecular flexibility index (Phi) is 6.43. The zero-order chi connectivity index (χ0) is 17.7. The molecule has 1 amide bonds. The smallest absolute Gasteiger partial charge is 0.255 e. The second-order valence-corrected chi connectivity index (χ2v) is 6.50. The van der Waals surface area contributed by atoms with Gasteiger partial charge >= 0.3 is 0 Å². The number of hydrogen-bond donors (Lipinski definition) is 1. The number of rotatable bonds is 6. The van der Waals surface area contributed by atoms with Gasteiger partial charge in [-0.05, 0) is 42.0 Å². The maximum atomic E-state index is 12.4. The fourth-order valence-corrected chi connectivity index (χ4v) is 2.51. The minimum absolute atomic E-state index is 0.279. The quantitative estimate of drug-likeness (QED) is 0.543. The van der Waals surface area contributed by atoms with Crippen molar-refractivity contribution in [2.75, 3.05) is 6.61 Å². The van der Waals surface area contributed by atoms with E-state index in [1.54, 1.807) is 42.5 Å². The fraction of sp³-hybridized carbons (Fsp3) is 0.0588. The number of carbonyl (C=O) groups is 2. The van der Waals surface area contributed by atoms with E-state index >= 15 is 0 Å². The molecule has 0 heterocycles. The number of ketones is 1. The van der Waals surface area contributed by atoms with E-state index in [4.69, 9.17) is 33.7 Å². The molecule has 0 aromatic heterocycles. The summed E-state index contributed by atoms with van der Waals surface area (Å²) in [6.07, 6.45) is 3.00. The highest BCUT2D eigenvalue weighted by molar-refractivity contribution is 9.10. The molecule has 0 aliphatic heterocycles. The fourth-order valence-electron chi connectivity index (χ4n) is 1.85. The summed E-state index contributed by atoms with van der Waals surface area (Å²) in [6, 6.07) is 9.94. The average molecular weight is 429 g/mol. The van der Waals surface area contributed by atoms with E-state index in [1.807, 2.05) is 0 Å². The Labute approximate surface area is 157 Å². The molecular formula is C17H12BrCl2NO3. The van der Waals surface area contributed by atoms with Gasteiger partial charge in [-0.25, -0.2) is 0 Å². The highest BCUT2D eigenvalue weighted by atomic mass is 79.9. The summed E-state index contributed by atoms with van der Waals surface area (Å²) >= 11 is 15.1. The number of amides is 1. The maximum absolute atomic E-state index is 12.4. The molecule has 0 bridgehead atoms. The molecule has 2 aromatic rings. The van der Waals surface area contributed by atoms with Gasteiger partial charge in [0.15, 0.2) is 12.4 Å². The van der Waals surface area contributed by atoms with Crippen LogP contribution in [0.25, 0.3) is 6.08 Å². The Morgan fingerprint density at radius 3 is 2.54 bits per heavy atom. The molecular weight excluding hydrogens is 417 g/mol. The second kappa shape index (κ2) is 8.33. The molecule has 2 N–H and O–H groups in total. The molecule has 7 heteroatoms. The van der Waals surface area contributed by atoms with Gasteiger partial charge in [0.1, 0.15) is 5.75 Å². The number of benzene rings is 2. The van der Waals surface area contributed by atoms with Crippen LogP contribution < -0.4 is 10.5 Å². The van der Waals surface area contributed by atoms with Crippen molar-refractivity contribution >= 4 is 56.9 Å². The van der Waals surface area contributed by atoms with Crippen molar-refractivity contribution in [2.45, 2.75) is 0 Å². The van der Waals surface area contributed by atoms with Gasteiger partial charge in [0.05, 0.1) is 15.6 Å². The van der Waals surface area contributed by atoms with Gasteiger partial charge in [0.25, 0.3) is 5.91 Å². The van der Waals surface area contributed by atoms with Gasteiger partial charge in [-0.1, -0.05) is 51.3 Å². The standard InChI is InChI=1S/C17H12BrCl2NO3/c18-11-3-6-16(24-9-17(21)23)12(8-11)15(22)5-2-10-1-4-13(19)14(20)7-10/h1-8H,9H2,(H2,21,23)/b5-2+. The van der Waals surface area contributed by atoms with E-state index in [0.29, 0.717) is 20.1 Å². The largest absolute Gasteiger partial charge is 0.483 e. The molecule has 0 spiro atoms. The maximum Gasteiger partial charge on any atom is 0.255 e. The number of hydrogen-bond acceptors (Lipinski definition) is 3. The Morgan fingerprint density at radius 1 is 1.12 bits per heavy atom. The number of ether oxygens (including phenoxy) is 1. The monoisotopic (exact) mass is 427 g/mol. The number of halogens is 3. The van der Waals surface area contributed by atoms with Crippen LogP contribution in [0.5, 0.6) is 5.75 Å². The summed E-state index contributed by atoms with van der Waals surface area (Å²) in [5.41, 5.74) is 6.10. The third-order valence-electron chi connectivity index (χ3n) is 2.95. The SMILES string of the molecule is NC(=O)COc1ccc(Br)cc1C(=O)/C=C/c1ccc(Cl)c(Cl)c1. The highest BCUT2D eigenvalue weighted by Crippen LogP contribution is 2.25. The van der Waals surface area contributed by atoms with Crippen molar-refractivity contribution in [2.24, 2.45) is 5.73 Å². The zero-order valence-corrected chi connectivity index (χ0v) is 15.4. The summed E-state index contributed by atoms with van der Waals surface area (Å²) in [5.74, 6) is -0.634. The molecule has 2 aromatic carbocycles. The van der Waals surface area contributed by atoms with Gasteiger partial charge in [-0.3, -0.25) is 9.59 Å². The Balaban J connectivity index is 2.24. The van der Waals surface area contributed by atoms with Crippen LogP contribution in [-0.4, -0.2) is 18.3 Å². The van der Waals surface area contributed by atoms with Crippen molar-refractivity contribution in [3.63, 3.8) is 0 Å². The Morgan fingerprint density at radius 2 is 1.88 bits per heavy atom. The molecule has 2 rings (SSSR count). The summed E-state index contributed by atoms with van der Waals surface area (Å²) in [7, 11) is 0. The Hall–Kier alpha value is -1.82. The molecule has 24 heavy (non-hydrogen) atoms. The van der Waals surface area contributed by atoms with Crippen LogP contribution >= 0.6 is 39.1 Å². The van der Waals surface area contributed by atoms with Crippen LogP contribution in [0.1, 0.15) is 15.9 Å². The van der Waals surface area contributed by atoms with E-state index in [0.717, 1.165) is 5.56 Å². The predicted octanol–water partition coefficient (Wildman–Crippen LogP) is 4.52. The van der Waals surface area contributed by atoms with Crippen LogP contribution in [0.15, 0.2) is 46.9 Å². The van der Waals surface area contributed by atoms with E-state index in [2.05, 4.69) is 15.9 Å². The minimum atomic E-state index is -0.623. The topological polar surface area (TPSA) is 69.4 Å². The second-order valence-electron chi connectivity index (χ2n) is 4.77. The van der Waals surface area contributed by atoms with E-state index in [9.17, 15) is 9.59 Å². The summed E-state index contributed by atoms with van der Waals surface area (Å²) in [6.45, 7) is -0.307. The summed E-state index contributed by atoms with van der Waals surface area (Å²) in [4.78, 5) is 23.3. The van der Waals surface area contributed by atoms with Crippen LogP contribution in [-0.2, 0) is 4.79 Å². The molecule has 0 saturated carbocycles. The normalized spacial score (nSPS) is 10.8. The molecule has 0 aliphatic rings. The van der Waals surface area contributed by atoms with Crippen molar-refractivity contribution in [3.05, 3.63) is 68.1 Å². The lowest BCUT2D eigenvalue weighted by Gasteiger charge is -2.08. The van der Waals surface area contributed by atoms with E-state index in [1.165, 1.54) is 6.08 Å². The summed E-state index contributed by atoms with van der Waals surface area (Å²) < 4.78 is 5.98. The molecule has 0 unspecified atom stereocenters. The van der Waals surface area contributed by atoms with E-state index < -0.39 is 5.91 Å². The average Bonchev–Trinajstić information content (AvgIpc) is 2.54. The van der Waals surface area contributed by atoms with Crippen LogP contribution in [0, 0.1) is 0 Å². The van der Waals surface area contributed by atoms with Gasteiger partial charge in [0, 0.05) is 4.47 Å². The molecule has 0 aliphatic carbocycles. The third-order valence-corrected chi connectivity index (χ3v) is 4.18. The molecule has 0 fully saturated rings. The first-order valence-electron chi connectivity index (χ1n) is 6.75. The van der Waals surface area contributed by atoms with Crippen LogP contribution in [0.3, 0.4) is 0 Å². The zero-order valence-electron chi connectivity index (χ0n) is 12.3. The Bertz CT molecular complexity index is 821. The van der Waals surface area contributed by atoms with Crippen molar-refractivity contribution < 1.29 is 14.3 Å². The molecule has 4 nitrogen and oxygen atoms in total. The first-order valence-corrected chi connectivity index (χ1v) is 8.30. The minimum Gasteiger partial charge on any atom is -0.483 e. The lowest BCUT2D eigenvalue weighted by atomic mass is 10.1. The van der Waals surface area contributed by atoms with Crippen molar-refractivity contribution in [1.82, 2.24) is 0 Å². The van der Waals surface area contributed by atoms with Gasteiger partial charge in [-0.2, -0.15) is 0 Å². The highest BCUT2D eigenvalue weighted by Gasteiger charge is 2.12.